The summed E-state index contributed by atoms with van der Waals surface area (Å²) in [4.78, 5) is 22.1. The highest BCUT2D eigenvalue weighted by atomic mass is 35.5. The molecule has 0 saturated carbocycles. The molecule has 6 nitrogen and oxygen atoms in total. The summed E-state index contributed by atoms with van der Waals surface area (Å²) in [5.41, 5.74) is -1.08. The molecule has 0 heterocycles. The smallest absolute Gasteiger partial charge is 0.270 e. The number of benzene rings is 1. The van der Waals surface area contributed by atoms with E-state index in [0.29, 0.717) is 0 Å². The van der Waals surface area contributed by atoms with Gasteiger partial charge in [-0.25, -0.2) is 0 Å². The molecule has 7 heteroatoms. The molecule has 1 unspecified atom stereocenters. The minimum atomic E-state index is -0.870. The van der Waals surface area contributed by atoms with Gasteiger partial charge in [0.25, 0.3) is 11.6 Å². The average Bonchev–Trinajstić information content (AvgIpc) is 2.28. The van der Waals surface area contributed by atoms with Crippen LogP contribution in [0.4, 0.5) is 5.69 Å². The van der Waals surface area contributed by atoms with Crippen molar-refractivity contribution in [3.05, 3.63) is 38.9 Å². The molecule has 0 radical (unpaired) electrons. The molecule has 1 rings (SSSR count). The van der Waals surface area contributed by atoms with Crippen LogP contribution >= 0.6 is 11.6 Å². The van der Waals surface area contributed by atoms with Crippen LogP contribution in [0.1, 0.15) is 31.1 Å². The standard InChI is InChI=1S/C12H15ClN2O4/c1-7(16)12(2,3)14-11(17)9-6-8(15(18)19)4-5-10(9)13/h4-7,16H,1-3H3,(H,14,17). The average molecular weight is 287 g/mol. The van der Waals surface area contributed by atoms with Crippen LogP contribution in [0.25, 0.3) is 0 Å². The van der Waals surface area contributed by atoms with E-state index in [-0.39, 0.29) is 16.3 Å². The van der Waals surface area contributed by atoms with Gasteiger partial charge in [-0.1, -0.05) is 11.6 Å². The Balaban J connectivity index is 3.06. The third kappa shape index (κ3) is 3.65. The van der Waals surface area contributed by atoms with Crippen LogP contribution in [0, 0.1) is 10.1 Å². The predicted molar refractivity (Wildman–Crippen MR) is 71.3 cm³/mol. The molecule has 104 valence electrons. The normalized spacial score (nSPS) is 12.9. The second-order valence-electron chi connectivity index (χ2n) is 4.77. The number of hydrogen-bond acceptors (Lipinski definition) is 4. The first-order valence-electron chi connectivity index (χ1n) is 5.59. The highest BCUT2D eigenvalue weighted by molar-refractivity contribution is 6.34. The highest BCUT2D eigenvalue weighted by Crippen LogP contribution is 2.23. The monoisotopic (exact) mass is 286 g/mol. The summed E-state index contributed by atoms with van der Waals surface area (Å²) in [5, 5.41) is 22.9. The third-order valence-corrected chi connectivity index (χ3v) is 3.22. The number of hydrogen-bond donors (Lipinski definition) is 2. The van der Waals surface area contributed by atoms with Crippen molar-refractivity contribution in [2.45, 2.75) is 32.4 Å². The molecule has 2 N–H and O–H groups in total. The summed E-state index contributed by atoms with van der Waals surface area (Å²) in [7, 11) is 0. The Kier molecular flexibility index (Phi) is 4.49. The molecular formula is C12H15ClN2O4. The maximum Gasteiger partial charge on any atom is 0.270 e. The van der Waals surface area contributed by atoms with E-state index < -0.39 is 22.5 Å². The number of nitro benzene ring substituents is 1. The molecule has 0 aliphatic heterocycles. The van der Waals surface area contributed by atoms with E-state index in [4.69, 9.17) is 11.6 Å². The molecule has 1 amide bonds. The van der Waals surface area contributed by atoms with E-state index in [9.17, 15) is 20.0 Å². The minimum Gasteiger partial charge on any atom is -0.391 e. The zero-order valence-corrected chi connectivity index (χ0v) is 11.6. The lowest BCUT2D eigenvalue weighted by Crippen LogP contribution is -2.51. The molecule has 0 fully saturated rings. The van der Waals surface area contributed by atoms with Gasteiger partial charge in [-0.15, -0.1) is 0 Å². The van der Waals surface area contributed by atoms with Crippen LogP contribution in [0.5, 0.6) is 0 Å². The molecule has 1 aromatic carbocycles. The maximum absolute atomic E-state index is 12.0. The van der Waals surface area contributed by atoms with Gasteiger partial charge in [0.1, 0.15) is 0 Å². The van der Waals surface area contributed by atoms with Gasteiger partial charge < -0.3 is 10.4 Å². The molecule has 0 spiro atoms. The Morgan fingerprint density at radius 3 is 2.58 bits per heavy atom. The number of rotatable bonds is 4. The second-order valence-corrected chi connectivity index (χ2v) is 5.18. The highest BCUT2D eigenvalue weighted by Gasteiger charge is 2.27. The maximum atomic E-state index is 12.0. The number of nitro groups is 1. The first kappa shape index (κ1) is 15.4. The van der Waals surface area contributed by atoms with Crippen LogP contribution in [0.2, 0.25) is 5.02 Å². The Bertz CT molecular complexity index is 514. The van der Waals surface area contributed by atoms with Crippen molar-refractivity contribution >= 4 is 23.2 Å². The minimum absolute atomic E-state index is 0.00425. The number of amides is 1. The second kappa shape index (κ2) is 5.54. The van der Waals surface area contributed by atoms with Crippen molar-refractivity contribution in [3.63, 3.8) is 0 Å². The van der Waals surface area contributed by atoms with Crippen molar-refractivity contribution in [2.75, 3.05) is 0 Å². The van der Waals surface area contributed by atoms with Crippen LogP contribution in [0.3, 0.4) is 0 Å². The number of aliphatic hydroxyl groups is 1. The van der Waals surface area contributed by atoms with E-state index in [1.807, 2.05) is 0 Å². The molecule has 1 aromatic rings. The first-order valence-corrected chi connectivity index (χ1v) is 5.97. The van der Waals surface area contributed by atoms with Crippen LogP contribution < -0.4 is 5.32 Å². The van der Waals surface area contributed by atoms with E-state index in [2.05, 4.69) is 5.32 Å². The van der Waals surface area contributed by atoms with Crippen molar-refractivity contribution in [1.29, 1.82) is 0 Å². The van der Waals surface area contributed by atoms with Crippen LogP contribution in [-0.2, 0) is 0 Å². The Labute approximate surface area is 115 Å². The van der Waals surface area contributed by atoms with Gasteiger partial charge in [0.2, 0.25) is 0 Å². The van der Waals surface area contributed by atoms with Gasteiger partial charge in [0.15, 0.2) is 0 Å². The van der Waals surface area contributed by atoms with Gasteiger partial charge in [-0.3, -0.25) is 14.9 Å². The molecule has 0 aromatic heterocycles. The van der Waals surface area contributed by atoms with Crippen molar-refractivity contribution in [3.8, 4) is 0 Å². The van der Waals surface area contributed by atoms with Crippen molar-refractivity contribution < 1.29 is 14.8 Å². The fourth-order valence-electron chi connectivity index (χ4n) is 1.27. The van der Waals surface area contributed by atoms with Gasteiger partial charge in [0, 0.05) is 12.1 Å². The Hall–Kier alpha value is -1.66. The summed E-state index contributed by atoms with van der Waals surface area (Å²) in [6.45, 7) is 4.82. The van der Waals surface area contributed by atoms with E-state index >= 15 is 0 Å². The Morgan fingerprint density at radius 2 is 2.11 bits per heavy atom. The summed E-state index contributed by atoms with van der Waals surface area (Å²) < 4.78 is 0. The number of carbonyl (C=O) groups is 1. The molecule has 0 saturated heterocycles. The number of non-ortho nitro benzene ring substituents is 1. The summed E-state index contributed by atoms with van der Waals surface area (Å²) in [6, 6.07) is 3.62. The SMILES string of the molecule is CC(O)C(C)(C)NC(=O)c1cc([N+](=O)[O-])ccc1Cl. The molecule has 1 atom stereocenters. The molecule has 0 bridgehead atoms. The number of nitrogens with zero attached hydrogens (tertiary/aromatic N) is 1. The van der Waals surface area contributed by atoms with Gasteiger partial charge >= 0.3 is 0 Å². The molecular weight excluding hydrogens is 272 g/mol. The van der Waals surface area contributed by atoms with Gasteiger partial charge in [-0.2, -0.15) is 0 Å². The lowest BCUT2D eigenvalue weighted by atomic mass is 9.98. The third-order valence-electron chi connectivity index (χ3n) is 2.89. The zero-order valence-electron chi connectivity index (χ0n) is 10.8. The van der Waals surface area contributed by atoms with Crippen LogP contribution in [0.15, 0.2) is 18.2 Å². The number of carbonyl (C=O) groups excluding carboxylic acids is 1. The lowest BCUT2D eigenvalue weighted by Gasteiger charge is -2.29. The molecule has 0 aliphatic carbocycles. The van der Waals surface area contributed by atoms with Gasteiger partial charge in [-0.05, 0) is 26.8 Å². The van der Waals surface area contributed by atoms with Gasteiger partial charge in [0.05, 0.1) is 27.2 Å². The Morgan fingerprint density at radius 1 is 1.53 bits per heavy atom. The fraction of sp³-hybridized carbons (Fsp3) is 0.417. The van der Waals surface area contributed by atoms with E-state index in [0.717, 1.165) is 6.07 Å². The molecule has 19 heavy (non-hydrogen) atoms. The summed E-state index contributed by atoms with van der Waals surface area (Å²) in [6.07, 6.45) is -0.783. The van der Waals surface area contributed by atoms with E-state index in [1.54, 1.807) is 13.8 Å². The predicted octanol–water partition coefficient (Wildman–Crippen LogP) is 2.14. The zero-order chi connectivity index (χ0) is 14.8. The molecule has 0 aliphatic rings. The van der Waals surface area contributed by atoms with Crippen molar-refractivity contribution in [2.24, 2.45) is 0 Å². The quantitative estimate of drug-likeness (QED) is 0.655. The van der Waals surface area contributed by atoms with Crippen molar-refractivity contribution in [1.82, 2.24) is 5.32 Å². The number of aliphatic hydroxyl groups excluding tert-OH is 1. The lowest BCUT2D eigenvalue weighted by molar-refractivity contribution is -0.384. The first-order chi connectivity index (χ1) is 8.65. The number of halogens is 1. The summed E-state index contributed by atoms with van der Waals surface area (Å²) in [5.74, 6) is -0.570. The topological polar surface area (TPSA) is 92.5 Å². The van der Waals surface area contributed by atoms with E-state index in [1.165, 1.54) is 19.1 Å². The largest absolute Gasteiger partial charge is 0.391 e. The number of nitrogens with one attached hydrogen (secondary N) is 1. The van der Waals surface area contributed by atoms with Crippen LogP contribution in [-0.4, -0.2) is 27.6 Å². The summed E-state index contributed by atoms with van der Waals surface area (Å²) >= 11 is 5.86. The fourth-order valence-corrected chi connectivity index (χ4v) is 1.47.